The first kappa shape index (κ1) is 26.1. The molecule has 198 valence electrons. The van der Waals surface area contributed by atoms with Crippen molar-refractivity contribution in [1.29, 1.82) is 0 Å². The van der Waals surface area contributed by atoms with Crippen molar-refractivity contribution in [2.45, 2.75) is 50.5 Å². The van der Waals surface area contributed by atoms with Crippen LogP contribution in [-0.4, -0.2) is 60.4 Å². The number of imidazole rings is 1. The molecule has 5 rings (SSSR count). The number of aliphatic hydroxyl groups is 2. The Labute approximate surface area is 225 Å². The zero-order valence-electron chi connectivity index (χ0n) is 21.2. The minimum atomic E-state index is -1.12. The van der Waals surface area contributed by atoms with E-state index in [-0.39, 0.29) is 23.0 Å². The van der Waals surface area contributed by atoms with Crippen molar-refractivity contribution in [2.24, 2.45) is 5.92 Å². The molecule has 0 spiro atoms. The van der Waals surface area contributed by atoms with Crippen molar-refractivity contribution in [2.75, 3.05) is 11.9 Å². The number of hydrogen-bond donors (Lipinski definition) is 4. The number of nitrogens with one attached hydrogen (secondary N) is 2. The number of carbonyl (C=O) groups excluding carboxylic acids is 1. The van der Waals surface area contributed by atoms with Crippen LogP contribution >= 0.6 is 11.6 Å². The van der Waals surface area contributed by atoms with Gasteiger partial charge in [-0.05, 0) is 29.1 Å². The van der Waals surface area contributed by atoms with E-state index in [1.165, 1.54) is 0 Å². The lowest BCUT2D eigenvalue weighted by molar-refractivity contribution is -0.125. The van der Waals surface area contributed by atoms with Crippen molar-refractivity contribution < 1.29 is 15.0 Å². The monoisotopic (exact) mass is 534 g/mol. The van der Waals surface area contributed by atoms with Gasteiger partial charge in [0.05, 0.1) is 18.4 Å². The smallest absolute Gasteiger partial charge is 0.226 e. The van der Waals surface area contributed by atoms with Gasteiger partial charge in [-0.15, -0.1) is 0 Å². The van der Waals surface area contributed by atoms with E-state index in [0.717, 1.165) is 11.1 Å². The van der Waals surface area contributed by atoms with E-state index in [4.69, 9.17) is 11.6 Å². The number of rotatable bonds is 8. The van der Waals surface area contributed by atoms with Gasteiger partial charge in [-0.2, -0.15) is 9.97 Å². The predicted octanol–water partition coefficient (Wildman–Crippen LogP) is 3.53. The Morgan fingerprint density at radius 3 is 2.26 bits per heavy atom. The SMILES string of the molecule is CC(C)C(=O)NC1CC(n2cnc3c(NCC(c4ccccc4)c4ccccc4)nc(Cl)nc32)C(O)C1O. The van der Waals surface area contributed by atoms with Crippen LogP contribution in [0.5, 0.6) is 0 Å². The molecule has 0 radical (unpaired) electrons. The van der Waals surface area contributed by atoms with Crippen molar-refractivity contribution in [3.63, 3.8) is 0 Å². The summed E-state index contributed by atoms with van der Waals surface area (Å²) in [5, 5.41) is 27.8. The van der Waals surface area contributed by atoms with Gasteiger partial charge in [0, 0.05) is 18.4 Å². The van der Waals surface area contributed by atoms with Crippen molar-refractivity contribution in [3.05, 3.63) is 83.4 Å². The van der Waals surface area contributed by atoms with Gasteiger partial charge < -0.3 is 25.4 Å². The molecule has 10 heteroatoms. The molecule has 4 atom stereocenters. The minimum Gasteiger partial charge on any atom is -0.388 e. The van der Waals surface area contributed by atoms with Gasteiger partial charge in [0.2, 0.25) is 11.2 Å². The lowest BCUT2D eigenvalue weighted by Gasteiger charge is -2.20. The highest BCUT2D eigenvalue weighted by atomic mass is 35.5. The Kier molecular flexibility index (Phi) is 7.60. The molecule has 1 fully saturated rings. The van der Waals surface area contributed by atoms with Crippen molar-refractivity contribution >= 4 is 34.5 Å². The summed E-state index contributed by atoms with van der Waals surface area (Å²) < 4.78 is 1.70. The van der Waals surface area contributed by atoms with E-state index < -0.39 is 24.3 Å². The van der Waals surface area contributed by atoms with Gasteiger partial charge in [0.25, 0.3) is 0 Å². The summed E-state index contributed by atoms with van der Waals surface area (Å²) in [6.45, 7) is 4.10. The van der Waals surface area contributed by atoms with Crippen LogP contribution in [0.4, 0.5) is 5.82 Å². The fourth-order valence-electron chi connectivity index (χ4n) is 5.03. The summed E-state index contributed by atoms with van der Waals surface area (Å²) in [6.07, 6.45) is -0.344. The molecule has 0 bridgehead atoms. The van der Waals surface area contributed by atoms with Crippen LogP contribution in [-0.2, 0) is 4.79 Å². The van der Waals surface area contributed by atoms with Crippen molar-refractivity contribution in [1.82, 2.24) is 24.8 Å². The highest BCUT2D eigenvalue weighted by Crippen LogP contribution is 2.35. The van der Waals surface area contributed by atoms with Gasteiger partial charge in [0.1, 0.15) is 12.2 Å². The number of aliphatic hydroxyl groups excluding tert-OH is 2. The largest absolute Gasteiger partial charge is 0.388 e. The number of benzene rings is 2. The maximum Gasteiger partial charge on any atom is 0.226 e. The molecule has 4 aromatic rings. The van der Waals surface area contributed by atoms with E-state index >= 15 is 0 Å². The van der Waals surface area contributed by atoms with E-state index in [1.54, 1.807) is 24.7 Å². The van der Waals surface area contributed by atoms with Crippen LogP contribution in [0.1, 0.15) is 43.4 Å². The minimum absolute atomic E-state index is 0.0374. The zero-order chi connectivity index (χ0) is 26.8. The second-order valence-electron chi connectivity index (χ2n) is 9.97. The van der Waals surface area contributed by atoms with Gasteiger partial charge >= 0.3 is 0 Å². The molecule has 38 heavy (non-hydrogen) atoms. The Hall–Kier alpha value is -3.53. The molecule has 2 aromatic heterocycles. The van der Waals surface area contributed by atoms with Gasteiger partial charge in [0.15, 0.2) is 17.0 Å². The number of aromatic nitrogens is 4. The molecule has 1 aliphatic carbocycles. The van der Waals surface area contributed by atoms with E-state index in [1.807, 2.05) is 36.4 Å². The van der Waals surface area contributed by atoms with E-state index in [2.05, 4.69) is 49.9 Å². The van der Waals surface area contributed by atoms with Crippen LogP contribution in [0, 0.1) is 5.92 Å². The number of hydrogen-bond acceptors (Lipinski definition) is 7. The molecule has 1 amide bonds. The molecular weight excluding hydrogens is 504 g/mol. The Balaban J connectivity index is 1.42. The number of anilines is 1. The Bertz CT molecular complexity index is 1360. The van der Waals surface area contributed by atoms with Crippen LogP contribution in [0.3, 0.4) is 0 Å². The second kappa shape index (κ2) is 11.1. The number of carbonyl (C=O) groups is 1. The highest BCUT2D eigenvalue weighted by Gasteiger charge is 2.44. The quantitative estimate of drug-likeness (QED) is 0.255. The summed E-state index contributed by atoms with van der Waals surface area (Å²) in [4.78, 5) is 25.5. The normalized spacial score (nSPS) is 21.3. The third-order valence-corrected chi connectivity index (χ3v) is 7.30. The molecule has 4 unspecified atom stereocenters. The maximum absolute atomic E-state index is 12.2. The number of halogens is 1. The fourth-order valence-corrected chi connectivity index (χ4v) is 5.19. The van der Waals surface area contributed by atoms with Crippen LogP contribution in [0.25, 0.3) is 11.2 Å². The first-order valence-corrected chi connectivity index (χ1v) is 13.1. The third kappa shape index (κ3) is 5.22. The molecule has 0 aliphatic heterocycles. The van der Waals surface area contributed by atoms with Gasteiger partial charge in [-0.25, -0.2) is 4.98 Å². The molecule has 4 N–H and O–H groups in total. The summed E-state index contributed by atoms with van der Waals surface area (Å²) in [5.41, 5.74) is 3.26. The second-order valence-corrected chi connectivity index (χ2v) is 10.3. The third-order valence-electron chi connectivity index (χ3n) is 7.13. The lowest BCUT2D eigenvalue weighted by atomic mass is 9.91. The van der Waals surface area contributed by atoms with Gasteiger partial charge in [-0.1, -0.05) is 74.5 Å². The number of amides is 1. The summed E-state index contributed by atoms with van der Waals surface area (Å²) in [6, 6.07) is 19.3. The molecule has 2 heterocycles. The predicted molar refractivity (Wildman–Crippen MR) is 146 cm³/mol. The molecule has 1 saturated carbocycles. The van der Waals surface area contributed by atoms with E-state index in [9.17, 15) is 15.0 Å². The molecule has 0 saturated heterocycles. The average Bonchev–Trinajstić information content (AvgIpc) is 3.46. The first-order valence-electron chi connectivity index (χ1n) is 12.7. The average molecular weight is 535 g/mol. The highest BCUT2D eigenvalue weighted by molar-refractivity contribution is 6.28. The fraction of sp³-hybridized carbons (Fsp3) is 0.357. The van der Waals surface area contributed by atoms with Gasteiger partial charge in [-0.3, -0.25) is 4.79 Å². The summed E-state index contributed by atoms with van der Waals surface area (Å²) >= 11 is 6.33. The Morgan fingerprint density at radius 2 is 1.66 bits per heavy atom. The van der Waals surface area contributed by atoms with Crippen LogP contribution in [0.2, 0.25) is 5.28 Å². The molecule has 9 nitrogen and oxygen atoms in total. The first-order chi connectivity index (χ1) is 18.3. The van der Waals surface area contributed by atoms with Crippen LogP contribution < -0.4 is 10.6 Å². The maximum atomic E-state index is 12.2. The number of nitrogens with zero attached hydrogens (tertiary/aromatic N) is 4. The topological polar surface area (TPSA) is 125 Å². The van der Waals surface area contributed by atoms with E-state index in [0.29, 0.717) is 29.9 Å². The molecule has 1 aliphatic rings. The number of fused-ring (bicyclic) bond motifs is 1. The Morgan fingerprint density at radius 1 is 1.03 bits per heavy atom. The standard InChI is InChI=1S/C28H31ClN6O3/c1-16(2)27(38)32-20-13-21(24(37)23(20)36)35-15-31-22-25(33-28(29)34-26(22)35)30-14-19(17-9-5-3-6-10-17)18-11-7-4-8-12-18/h3-12,15-16,19-21,23-24,36-37H,13-14H2,1-2H3,(H,32,38)(H,30,33,34). The lowest BCUT2D eigenvalue weighted by Crippen LogP contribution is -2.44. The zero-order valence-corrected chi connectivity index (χ0v) is 22.0. The molecular formula is C28H31ClN6O3. The summed E-state index contributed by atoms with van der Waals surface area (Å²) in [7, 11) is 0. The van der Waals surface area contributed by atoms with Crippen molar-refractivity contribution in [3.8, 4) is 0 Å². The summed E-state index contributed by atoms with van der Waals surface area (Å²) in [5.74, 6) is 0.123. The van der Waals surface area contributed by atoms with Crippen LogP contribution in [0.15, 0.2) is 67.0 Å². The molecule has 2 aromatic carbocycles.